The van der Waals surface area contributed by atoms with Crippen LogP contribution in [0.2, 0.25) is 0 Å². The molecular formula is C14H13F2NO2. The maximum atomic E-state index is 13.0. The zero-order valence-corrected chi connectivity index (χ0v) is 10.4. The maximum Gasteiger partial charge on any atom is 0.159 e. The van der Waals surface area contributed by atoms with E-state index in [1.165, 1.54) is 6.07 Å². The van der Waals surface area contributed by atoms with E-state index in [9.17, 15) is 8.78 Å². The summed E-state index contributed by atoms with van der Waals surface area (Å²) < 4.78 is 31.2. The number of hydrogen-bond acceptors (Lipinski definition) is 3. The average molecular weight is 265 g/mol. The van der Waals surface area contributed by atoms with Crippen molar-refractivity contribution in [1.82, 2.24) is 4.98 Å². The Balaban J connectivity index is 2.12. The summed E-state index contributed by atoms with van der Waals surface area (Å²) in [4.78, 5) is 4.13. The Kier molecular flexibility index (Phi) is 4.06. The van der Waals surface area contributed by atoms with Crippen LogP contribution in [0.3, 0.4) is 0 Å². The molecule has 0 fully saturated rings. The van der Waals surface area contributed by atoms with Crippen LogP contribution < -0.4 is 4.74 Å². The fraction of sp³-hybridized carbons (Fsp3) is 0.214. The van der Waals surface area contributed by atoms with E-state index in [1.54, 1.807) is 19.1 Å². The minimum Gasteiger partial charge on any atom is -0.487 e. The van der Waals surface area contributed by atoms with Gasteiger partial charge in [-0.3, -0.25) is 4.98 Å². The maximum absolute atomic E-state index is 13.0. The third kappa shape index (κ3) is 3.26. The molecule has 0 bridgehead atoms. The number of rotatable bonds is 4. The van der Waals surface area contributed by atoms with Crippen molar-refractivity contribution >= 4 is 0 Å². The van der Waals surface area contributed by atoms with Gasteiger partial charge in [0.2, 0.25) is 0 Å². The molecular weight excluding hydrogens is 252 g/mol. The lowest BCUT2D eigenvalue weighted by atomic mass is 10.2. The van der Waals surface area contributed by atoms with Crippen molar-refractivity contribution in [1.29, 1.82) is 0 Å². The second kappa shape index (κ2) is 5.75. The van der Waals surface area contributed by atoms with E-state index in [0.717, 1.165) is 17.8 Å². The molecule has 0 radical (unpaired) electrons. The van der Waals surface area contributed by atoms with E-state index < -0.39 is 11.6 Å². The Hall–Kier alpha value is -2.01. The first-order valence-corrected chi connectivity index (χ1v) is 5.74. The van der Waals surface area contributed by atoms with Gasteiger partial charge in [-0.25, -0.2) is 8.78 Å². The standard InChI is InChI=1S/C14H13F2NO2/c1-9-2-5-14(13(7-18)17-9)19-8-10-3-4-11(15)12(16)6-10/h2-6,18H,7-8H2,1H3. The monoisotopic (exact) mass is 265 g/mol. The van der Waals surface area contributed by atoms with Crippen molar-refractivity contribution in [3.8, 4) is 5.75 Å². The number of halogens is 2. The number of aromatic nitrogens is 1. The molecule has 0 saturated heterocycles. The Morgan fingerprint density at radius 3 is 2.63 bits per heavy atom. The van der Waals surface area contributed by atoms with Crippen LogP contribution in [-0.2, 0) is 13.2 Å². The largest absolute Gasteiger partial charge is 0.487 e. The van der Waals surface area contributed by atoms with Gasteiger partial charge in [-0.15, -0.1) is 0 Å². The van der Waals surface area contributed by atoms with Crippen LogP contribution in [0.1, 0.15) is 17.0 Å². The summed E-state index contributed by atoms with van der Waals surface area (Å²) in [6.07, 6.45) is 0. The number of hydrogen-bond donors (Lipinski definition) is 1. The second-order valence-electron chi connectivity index (χ2n) is 4.09. The van der Waals surface area contributed by atoms with E-state index in [-0.39, 0.29) is 13.2 Å². The van der Waals surface area contributed by atoms with E-state index in [1.807, 2.05) is 0 Å². The Morgan fingerprint density at radius 1 is 1.16 bits per heavy atom. The summed E-state index contributed by atoms with van der Waals surface area (Å²) in [5, 5.41) is 9.17. The molecule has 100 valence electrons. The number of ether oxygens (including phenoxy) is 1. The van der Waals surface area contributed by atoms with Gasteiger partial charge in [0.15, 0.2) is 11.6 Å². The quantitative estimate of drug-likeness (QED) is 0.924. The van der Waals surface area contributed by atoms with E-state index in [4.69, 9.17) is 9.84 Å². The van der Waals surface area contributed by atoms with Gasteiger partial charge >= 0.3 is 0 Å². The highest BCUT2D eigenvalue weighted by molar-refractivity contribution is 5.29. The highest BCUT2D eigenvalue weighted by Crippen LogP contribution is 2.19. The second-order valence-corrected chi connectivity index (χ2v) is 4.09. The molecule has 0 aliphatic heterocycles. The molecule has 19 heavy (non-hydrogen) atoms. The lowest BCUT2D eigenvalue weighted by Gasteiger charge is -2.10. The van der Waals surface area contributed by atoms with Gasteiger partial charge in [-0.2, -0.15) is 0 Å². The molecule has 0 atom stereocenters. The lowest BCUT2D eigenvalue weighted by molar-refractivity contribution is 0.253. The van der Waals surface area contributed by atoms with Crippen molar-refractivity contribution < 1.29 is 18.6 Å². The van der Waals surface area contributed by atoms with E-state index in [2.05, 4.69) is 4.98 Å². The van der Waals surface area contributed by atoms with Gasteiger partial charge in [0.05, 0.1) is 6.61 Å². The van der Waals surface area contributed by atoms with E-state index in [0.29, 0.717) is 17.0 Å². The normalized spacial score (nSPS) is 10.5. The molecule has 0 aliphatic carbocycles. The number of aliphatic hydroxyl groups excluding tert-OH is 1. The molecule has 0 amide bonds. The lowest BCUT2D eigenvalue weighted by Crippen LogP contribution is -2.02. The summed E-state index contributed by atoms with van der Waals surface area (Å²) in [6, 6.07) is 7.01. The topological polar surface area (TPSA) is 42.4 Å². The third-order valence-corrected chi connectivity index (χ3v) is 2.60. The summed E-state index contributed by atoms with van der Waals surface area (Å²) >= 11 is 0. The van der Waals surface area contributed by atoms with E-state index >= 15 is 0 Å². The van der Waals surface area contributed by atoms with Crippen molar-refractivity contribution in [3.05, 3.63) is 58.9 Å². The van der Waals surface area contributed by atoms with Crippen LogP contribution in [0.25, 0.3) is 0 Å². The number of aryl methyl sites for hydroxylation is 1. The summed E-state index contributed by atoms with van der Waals surface area (Å²) in [5.74, 6) is -1.37. The highest BCUT2D eigenvalue weighted by Gasteiger charge is 2.07. The van der Waals surface area contributed by atoms with Gasteiger partial charge in [0.25, 0.3) is 0 Å². The first-order chi connectivity index (χ1) is 9.10. The first kappa shape index (κ1) is 13.4. The SMILES string of the molecule is Cc1ccc(OCc2ccc(F)c(F)c2)c(CO)n1. The average Bonchev–Trinajstić information content (AvgIpc) is 2.41. The van der Waals surface area contributed by atoms with Crippen molar-refractivity contribution in [2.75, 3.05) is 0 Å². The van der Waals surface area contributed by atoms with Crippen LogP contribution in [0.15, 0.2) is 30.3 Å². The minimum absolute atomic E-state index is 0.0783. The molecule has 5 heteroatoms. The Morgan fingerprint density at radius 2 is 1.95 bits per heavy atom. The molecule has 0 aliphatic rings. The van der Waals surface area contributed by atoms with Crippen molar-refractivity contribution in [2.45, 2.75) is 20.1 Å². The minimum atomic E-state index is -0.912. The molecule has 1 heterocycles. The van der Waals surface area contributed by atoms with Crippen molar-refractivity contribution in [2.24, 2.45) is 0 Å². The van der Waals surface area contributed by atoms with Crippen LogP contribution in [0, 0.1) is 18.6 Å². The molecule has 2 rings (SSSR count). The van der Waals surface area contributed by atoms with Gasteiger partial charge < -0.3 is 9.84 Å². The molecule has 1 N–H and O–H groups in total. The van der Waals surface area contributed by atoms with Crippen molar-refractivity contribution in [3.63, 3.8) is 0 Å². The smallest absolute Gasteiger partial charge is 0.159 e. The fourth-order valence-corrected chi connectivity index (χ4v) is 1.63. The molecule has 0 spiro atoms. The summed E-state index contributed by atoms with van der Waals surface area (Å²) in [5.41, 5.74) is 1.69. The zero-order valence-electron chi connectivity index (χ0n) is 10.4. The number of nitrogens with zero attached hydrogens (tertiary/aromatic N) is 1. The zero-order chi connectivity index (χ0) is 13.8. The summed E-state index contributed by atoms with van der Waals surface area (Å²) in [7, 11) is 0. The van der Waals surface area contributed by atoms with Crippen LogP contribution in [-0.4, -0.2) is 10.1 Å². The fourth-order valence-electron chi connectivity index (χ4n) is 1.63. The van der Waals surface area contributed by atoms with Crippen LogP contribution >= 0.6 is 0 Å². The molecule has 3 nitrogen and oxygen atoms in total. The van der Waals surface area contributed by atoms with Gasteiger partial charge in [-0.05, 0) is 36.8 Å². The molecule has 0 saturated carbocycles. The predicted octanol–water partition coefficient (Wildman–Crippen LogP) is 2.74. The Labute approximate surface area is 109 Å². The predicted molar refractivity (Wildman–Crippen MR) is 65.6 cm³/mol. The molecule has 2 aromatic rings. The molecule has 1 aromatic heterocycles. The Bertz CT molecular complexity index is 588. The number of pyridine rings is 1. The molecule has 1 aromatic carbocycles. The third-order valence-electron chi connectivity index (χ3n) is 2.60. The number of benzene rings is 1. The number of aliphatic hydroxyl groups is 1. The van der Waals surface area contributed by atoms with Gasteiger partial charge in [0, 0.05) is 5.69 Å². The van der Waals surface area contributed by atoms with Crippen LogP contribution in [0.5, 0.6) is 5.75 Å². The highest BCUT2D eigenvalue weighted by atomic mass is 19.2. The summed E-state index contributed by atoms with van der Waals surface area (Å²) in [6.45, 7) is 1.64. The molecule has 0 unspecified atom stereocenters. The first-order valence-electron chi connectivity index (χ1n) is 5.74. The van der Waals surface area contributed by atoms with Gasteiger partial charge in [-0.1, -0.05) is 6.07 Å². The van der Waals surface area contributed by atoms with Crippen LogP contribution in [0.4, 0.5) is 8.78 Å². The van der Waals surface area contributed by atoms with Gasteiger partial charge in [0.1, 0.15) is 18.1 Å².